The Hall–Kier alpha value is -4.45. The molecular formula is C32H31N3O3. The molecule has 0 unspecified atom stereocenters. The molecule has 4 aromatic rings. The Labute approximate surface area is 223 Å². The van der Waals surface area contributed by atoms with Gasteiger partial charge in [0, 0.05) is 31.0 Å². The van der Waals surface area contributed by atoms with Gasteiger partial charge in [0.2, 0.25) is 0 Å². The van der Waals surface area contributed by atoms with E-state index in [0.717, 1.165) is 17.5 Å². The number of hydrogen-bond acceptors (Lipinski definition) is 4. The number of anilines is 1. The van der Waals surface area contributed by atoms with E-state index in [1.165, 1.54) is 5.56 Å². The lowest BCUT2D eigenvalue weighted by atomic mass is 10.0. The van der Waals surface area contributed by atoms with Crippen molar-refractivity contribution in [2.24, 2.45) is 0 Å². The largest absolute Gasteiger partial charge is 0.476 e. The summed E-state index contributed by atoms with van der Waals surface area (Å²) in [5.74, 6) is 0.323. The second-order valence-corrected chi connectivity index (χ2v) is 10.00. The highest BCUT2D eigenvalue weighted by Gasteiger charge is 2.41. The molecule has 6 nitrogen and oxygen atoms in total. The molecule has 0 spiro atoms. The van der Waals surface area contributed by atoms with Gasteiger partial charge in [0.05, 0.1) is 12.2 Å². The number of carbonyl (C=O) groups is 2. The second kappa shape index (κ2) is 10.9. The third-order valence-electron chi connectivity index (χ3n) is 6.70. The summed E-state index contributed by atoms with van der Waals surface area (Å²) in [6.07, 6.45) is 4.19. The fourth-order valence-electron chi connectivity index (χ4n) is 4.68. The minimum atomic E-state index is -1.02. The molecule has 38 heavy (non-hydrogen) atoms. The number of carbonyl (C=O) groups excluding carboxylic acids is 2. The van der Waals surface area contributed by atoms with Crippen molar-refractivity contribution in [1.29, 1.82) is 0 Å². The lowest BCUT2D eigenvalue weighted by Crippen LogP contribution is -2.52. The Morgan fingerprint density at radius 1 is 0.895 bits per heavy atom. The van der Waals surface area contributed by atoms with Crippen LogP contribution in [0.3, 0.4) is 0 Å². The van der Waals surface area contributed by atoms with E-state index in [0.29, 0.717) is 36.6 Å². The quantitative estimate of drug-likeness (QED) is 0.310. The molecule has 0 bridgehead atoms. The van der Waals surface area contributed by atoms with Crippen LogP contribution in [0, 0.1) is 0 Å². The van der Waals surface area contributed by atoms with Crippen LogP contribution in [0.5, 0.6) is 5.75 Å². The summed E-state index contributed by atoms with van der Waals surface area (Å²) in [5.41, 5.74) is 3.22. The predicted octanol–water partition coefficient (Wildman–Crippen LogP) is 5.67. The van der Waals surface area contributed by atoms with Gasteiger partial charge in [-0.05, 0) is 61.2 Å². The van der Waals surface area contributed by atoms with Gasteiger partial charge in [-0.15, -0.1) is 0 Å². The average Bonchev–Trinajstić information content (AvgIpc) is 2.94. The van der Waals surface area contributed by atoms with Crippen LogP contribution in [0.25, 0.3) is 0 Å². The van der Waals surface area contributed by atoms with Crippen LogP contribution >= 0.6 is 0 Å². The average molecular weight is 506 g/mol. The number of fused-ring (bicyclic) bond motifs is 1. The van der Waals surface area contributed by atoms with E-state index in [2.05, 4.69) is 17.1 Å². The number of aromatic nitrogens is 1. The van der Waals surface area contributed by atoms with Gasteiger partial charge in [-0.2, -0.15) is 0 Å². The molecular weight excluding hydrogens is 474 g/mol. The van der Waals surface area contributed by atoms with Crippen LogP contribution in [0.2, 0.25) is 0 Å². The molecule has 2 heterocycles. The molecule has 192 valence electrons. The first-order chi connectivity index (χ1) is 18.4. The van der Waals surface area contributed by atoms with Crippen molar-refractivity contribution in [2.45, 2.75) is 39.0 Å². The smallest absolute Gasteiger partial charge is 0.271 e. The Morgan fingerprint density at radius 2 is 1.58 bits per heavy atom. The maximum Gasteiger partial charge on any atom is 0.271 e. The van der Waals surface area contributed by atoms with Crippen molar-refractivity contribution in [3.8, 4) is 5.75 Å². The zero-order chi connectivity index (χ0) is 26.5. The Balaban J connectivity index is 1.46. The molecule has 0 aliphatic carbocycles. The van der Waals surface area contributed by atoms with E-state index in [-0.39, 0.29) is 11.8 Å². The summed E-state index contributed by atoms with van der Waals surface area (Å²) >= 11 is 0. The molecule has 0 N–H and O–H groups in total. The number of amides is 2. The van der Waals surface area contributed by atoms with Gasteiger partial charge in [-0.25, -0.2) is 0 Å². The lowest BCUT2D eigenvalue weighted by molar-refractivity contribution is -0.132. The monoisotopic (exact) mass is 505 g/mol. The van der Waals surface area contributed by atoms with Crippen LogP contribution in [-0.4, -0.2) is 33.8 Å². The molecule has 0 saturated carbocycles. The SMILES string of the molecule is CC1(C)Oc2ccc(C(=O)N(CCc3ccccc3)Cc3ccccc3)cc2N(Cc2cccnc2)C1=O. The van der Waals surface area contributed by atoms with Gasteiger partial charge in [0.1, 0.15) is 5.75 Å². The molecule has 0 fully saturated rings. The molecule has 5 rings (SSSR count). The van der Waals surface area contributed by atoms with Crippen LogP contribution in [0.1, 0.15) is 40.9 Å². The third-order valence-corrected chi connectivity index (χ3v) is 6.70. The van der Waals surface area contributed by atoms with Gasteiger partial charge in [-0.1, -0.05) is 66.7 Å². The molecule has 1 aliphatic rings. The van der Waals surface area contributed by atoms with Crippen LogP contribution in [0.4, 0.5) is 5.69 Å². The number of pyridine rings is 1. The third kappa shape index (κ3) is 5.59. The maximum absolute atomic E-state index is 13.9. The van der Waals surface area contributed by atoms with E-state index in [1.807, 2.05) is 65.6 Å². The summed E-state index contributed by atoms with van der Waals surface area (Å²) in [7, 11) is 0. The van der Waals surface area contributed by atoms with Crippen molar-refractivity contribution in [3.63, 3.8) is 0 Å². The van der Waals surface area contributed by atoms with Gasteiger partial charge in [0.15, 0.2) is 5.60 Å². The van der Waals surface area contributed by atoms with Gasteiger partial charge >= 0.3 is 0 Å². The van der Waals surface area contributed by atoms with E-state index in [9.17, 15) is 9.59 Å². The molecule has 2 amide bonds. The van der Waals surface area contributed by atoms with Crippen LogP contribution < -0.4 is 9.64 Å². The van der Waals surface area contributed by atoms with Crippen molar-refractivity contribution in [1.82, 2.24) is 9.88 Å². The zero-order valence-corrected chi connectivity index (χ0v) is 21.7. The lowest BCUT2D eigenvalue weighted by Gasteiger charge is -2.39. The first kappa shape index (κ1) is 25.2. The maximum atomic E-state index is 13.9. The number of benzene rings is 3. The number of rotatable bonds is 8. The minimum Gasteiger partial charge on any atom is -0.476 e. The summed E-state index contributed by atoms with van der Waals surface area (Å²) < 4.78 is 6.06. The van der Waals surface area contributed by atoms with Gasteiger partial charge in [0.25, 0.3) is 11.8 Å². The molecule has 1 aromatic heterocycles. The summed E-state index contributed by atoms with van der Waals surface area (Å²) in [5, 5.41) is 0. The van der Waals surface area contributed by atoms with Crippen molar-refractivity contribution < 1.29 is 14.3 Å². The van der Waals surface area contributed by atoms with Crippen molar-refractivity contribution in [3.05, 3.63) is 126 Å². The first-order valence-corrected chi connectivity index (χ1v) is 12.8. The van der Waals surface area contributed by atoms with E-state index in [1.54, 1.807) is 49.3 Å². The topological polar surface area (TPSA) is 62.7 Å². The van der Waals surface area contributed by atoms with Crippen molar-refractivity contribution >= 4 is 17.5 Å². The summed E-state index contributed by atoms with van der Waals surface area (Å²) in [4.78, 5) is 35.1. The molecule has 3 aromatic carbocycles. The Morgan fingerprint density at radius 3 is 2.26 bits per heavy atom. The normalized spacial score (nSPS) is 13.9. The Kier molecular flexibility index (Phi) is 7.22. The first-order valence-electron chi connectivity index (χ1n) is 12.8. The highest BCUT2D eigenvalue weighted by atomic mass is 16.5. The Bertz CT molecular complexity index is 1410. The molecule has 0 saturated heterocycles. The highest BCUT2D eigenvalue weighted by Crippen LogP contribution is 2.39. The fourth-order valence-corrected chi connectivity index (χ4v) is 4.68. The van der Waals surface area contributed by atoms with E-state index >= 15 is 0 Å². The standard InChI is InChI=1S/C32H31N3O3/c1-32(2)31(37)35(23-26-14-9-18-33-21-26)28-20-27(15-16-29(28)38-32)30(36)34(22-25-12-7-4-8-13-25)19-17-24-10-5-3-6-11-24/h3-16,18,20-21H,17,19,22-23H2,1-2H3. The second-order valence-electron chi connectivity index (χ2n) is 10.00. The highest BCUT2D eigenvalue weighted by molar-refractivity contribution is 6.04. The molecule has 1 aliphatic heterocycles. The molecule has 0 atom stereocenters. The summed E-state index contributed by atoms with van der Waals surface area (Å²) in [6.45, 7) is 4.92. The van der Waals surface area contributed by atoms with E-state index < -0.39 is 5.60 Å². The minimum absolute atomic E-state index is 0.0915. The summed E-state index contributed by atoms with van der Waals surface area (Å²) in [6, 6.07) is 29.3. The number of ether oxygens (including phenoxy) is 1. The van der Waals surface area contributed by atoms with Crippen LogP contribution in [-0.2, 0) is 24.3 Å². The number of nitrogens with zero attached hydrogens (tertiary/aromatic N) is 3. The van der Waals surface area contributed by atoms with Crippen LogP contribution in [0.15, 0.2) is 103 Å². The fraction of sp³-hybridized carbons (Fsp3) is 0.219. The molecule has 0 radical (unpaired) electrons. The van der Waals surface area contributed by atoms with E-state index in [4.69, 9.17) is 4.74 Å². The predicted molar refractivity (Wildman–Crippen MR) is 148 cm³/mol. The number of hydrogen-bond donors (Lipinski definition) is 0. The van der Waals surface area contributed by atoms with Gasteiger partial charge < -0.3 is 14.5 Å². The van der Waals surface area contributed by atoms with Crippen molar-refractivity contribution in [2.75, 3.05) is 11.4 Å². The van der Waals surface area contributed by atoms with Gasteiger partial charge in [-0.3, -0.25) is 14.6 Å². The zero-order valence-electron chi connectivity index (χ0n) is 21.7. The molecule has 6 heteroatoms.